The number of halogens is 1. The molecule has 2 unspecified atom stereocenters. The molecular formula is C39H46ClN5O4S2. The largest absolute Gasteiger partial charge is 0.480 e. The summed E-state index contributed by atoms with van der Waals surface area (Å²) < 4.78 is 27.8. The molecule has 0 radical (unpaired) electrons. The molecular weight excluding hydrogens is 702 g/mol. The lowest BCUT2D eigenvalue weighted by molar-refractivity contribution is -0.138. The minimum atomic E-state index is -4.01. The normalized spacial score (nSPS) is 12.5. The Morgan fingerprint density at radius 1 is 0.745 bits per heavy atom. The molecule has 5 rings (SSSR count). The van der Waals surface area contributed by atoms with Crippen LogP contribution in [0.2, 0.25) is 0 Å². The van der Waals surface area contributed by atoms with E-state index in [0.717, 1.165) is 48.2 Å². The van der Waals surface area contributed by atoms with Gasteiger partial charge in [0.15, 0.2) is 10.4 Å². The van der Waals surface area contributed by atoms with Crippen molar-refractivity contribution < 1.29 is 18.3 Å². The molecule has 0 fully saturated rings. The third-order valence-corrected chi connectivity index (χ3v) is 11.3. The molecule has 3 heterocycles. The lowest BCUT2D eigenvalue weighted by Gasteiger charge is -2.21. The molecule has 2 atom stereocenters. The van der Waals surface area contributed by atoms with Gasteiger partial charge in [-0.2, -0.15) is 0 Å². The van der Waals surface area contributed by atoms with Crippen LogP contribution in [0, 0.1) is 0 Å². The Balaban J connectivity index is 0.00000583. The average molecular weight is 748 g/mol. The lowest BCUT2D eigenvalue weighted by Crippen LogP contribution is -2.31. The SMILES string of the molecule is Cl.O=C(O)C(CCCCCCCCCCc1ccccc1)Nc1cccc(C(NCc2ccc(-c3nccs3)cc2)S(=O)(=O)c2ccccn2)n1. The van der Waals surface area contributed by atoms with Crippen LogP contribution in [-0.4, -0.2) is 40.5 Å². The maximum atomic E-state index is 13.9. The van der Waals surface area contributed by atoms with E-state index >= 15 is 0 Å². The third kappa shape index (κ3) is 12.2. The number of thiazole rings is 1. The van der Waals surface area contributed by atoms with Crippen molar-refractivity contribution >= 4 is 45.4 Å². The Labute approximate surface area is 311 Å². The van der Waals surface area contributed by atoms with Crippen LogP contribution < -0.4 is 10.6 Å². The van der Waals surface area contributed by atoms with Crippen LogP contribution in [0.5, 0.6) is 0 Å². The van der Waals surface area contributed by atoms with Gasteiger partial charge >= 0.3 is 5.97 Å². The van der Waals surface area contributed by atoms with Crippen molar-refractivity contribution in [1.29, 1.82) is 0 Å². The standard InChI is InChI=1S/C39H45N5O4S2.ClH/c45-39(46)34(18-11-6-4-2-1-3-5-8-15-30-16-9-7-10-17-30)44-35-20-14-19-33(43-35)38(50(47,48)36-21-12-13-26-40-36)42-29-31-22-24-32(25-23-31)37-41-27-28-49-37;/h7,9-10,12-14,16-17,19-28,34,38,42H,1-6,8,11,15,18,29H2,(H,43,44)(H,45,46);1H. The molecule has 3 aromatic heterocycles. The number of aliphatic carboxylic acids is 1. The first kappa shape index (κ1) is 39.6. The minimum Gasteiger partial charge on any atom is -0.480 e. The van der Waals surface area contributed by atoms with Gasteiger partial charge in [0.25, 0.3) is 0 Å². The Hall–Kier alpha value is -4.16. The van der Waals surface area contributed by atoms with Crippen LogP contribution in [0.3, 0.4) is 0 Å². The first-order valence-electron chi connectivity index (χ1n) is 17.3. The maximum absolute atomic E-state index is 13.9. The zero-order chi connectivity index (χ0) is 35.0. The highest BCUT2D eigenvalue weighted by molar-refractivity contribution is 7.91. The zero-order valence-electron chi connectivity index (χ0n) is 28.6. The van der Waals surface area contributed by atoms with E-state index in [1.165, 1.54) is 43.5 Å². The predicted molar refractivity (Wildman–Crippen MR) is 207 cm³/mol. The summed E-state index contributed by atoms with van der Waals surface area (Å²) in [5, 5.41) is 17.7. The average Bonchev–Trinajstić information content (AvgIpc) is 3.68. The molecule has 0 bridgehead atoms. The summed E-state index contributed by atoms with van der Waals surface area (Å²) in [6.07, 6.45) is 13.6. The summed E-state index contributed by atoms with van der Waals surface area (Å²) in [5.41, 5.74) is 3.51. The van der Waals surface area contributed by atoms with E-state index in [2.05, 4.69) is 49.9 Å². The second-order valence-corrected chi connectivity index (χ2v) is 15.2. The number of aromatic nitrogens is 3. The topological polar surface area (TPSA) is 134 Å². The van der Waals surface area contributed by atoms with Crippen LogP contribution in [0.4, 0.5) is 5.82 Å². The Kier molecular flexibility index (Phi) is 16.0. The fourth-order valence-corrected chi connectivity index (χ4v) is 7.96. The number of benzene rings is 2. The van der Waals surface area contributed by atoms with Crippen LogP contribution in [0.25, 0.3) is 10.6 Å². The first-order chi connectivity index (χ1) is 24.4. The molecule has 51 heavy (non-hydrogen) atoms. The minimum absolute atomic E-state index is 0. The van der Waals surface area contributed by atoms with Gasteiger partial charge in [0, 0.05) is 29.9 Å². The number of hydrogen-bond donors (Lipinski definition) is 3. The van der Waals surface area contributed by atoms with Crippen LogP contribution in [0.1, 0.15) is 80.0 Å². The second kappa shape index (κ2) is 20.6. The van der Waals surface area contributed by atoms with Gasteiger partial charge in [-0.15, -0.1) is 23.7 Å². The number of unbranched alkanes of at least 4 members (excludes halogenated alkanes) is 7. The molecule has 5 aromatic rings. The van der Waals surface area contributed by atoms with E-state index in [-0.39, 0.29) is 29.7 Å². The molecule has 0 amide bonds. The molecule has 0 spiro atoms. The van der Waals surface area contributed by atoms with Gasteiger partial charge < -0.3 is 10.4 Å². The van der Waals surface area contributed by atoms with E-state index in [1.807, 2.05) is 35.7 Å². The van der Waals surface area contributed by atoms with Crippen molar-refractivity contribution in [1.82, 2.24) is 20.3 Å². The molecule has 0 aliphatic heterocycles. The quantitative estimate of drug-likeness (QED) is 0.0629. The van der Waals surface area contributed by atoms with E-state index < -0.39 is 27.2 Å². The summed E-state index contributed by atoms with van der Waals surface area (Å²) in [6.45, 7) is 0.250. The van der Waals surface area contributed by atoms with Crippen LogP contribution in [-0.2, 0) is 27.6 Å². The second-order valence-electron chi connectivity index (χ2n) is 12.3. The van der Waals surface area contributed by atoms with Crippen LogP contribution in [0.15, 0.2) is 114 Å². The molecule has 0 saturated heterocycles. The van der Waals surface area contributed by atoms with E-state index in [4.69, 9.17) is 0 Å². The van der Waals surface area contributed by atoms with Gasteiger partial charge in [0.1, 0.15) is 16.9 Å². The van der Waals surface area contributed by atoms with Gasteiger partial charge in [0.05, 0.1) is 5.69 Å². The summed E-state index contributed by atoms with van der Waals surface area (Å²) >= 11 is 1.55. The monoisotopic (exact) mass is 747 g/mol. The number of pyridine rings is 2. The molecule has 9 nitrogen and oxygen atoms in total. The van der Waals surface area contributed by atoms with Gasteiger partial charge in [0.2, 0.25) is 9.84 Å². The number of carboxylic acid groups (broad SMARTS) is 1. The number of anilines is 1. The Morgan fingerprint density at radius 3 is 2.12 bits per heavy atom. The van der Waals surface area contributed by atoms with Crippen molar-refractivity contribution in [2.45, 2.75) is 87.2 Å². The molecule has 270 valence electrons. The van der Waals surface area contributed by atoms with Crippen molar-refractivity contribution in [3.05, 3.63) is 126 Å². The molecule has 3 N–H and O–H groups in total. The van der Waals surface area contributed by atoms with Crippen molar-refractivity contribution in [3.8, 4) is 10.6 Å². The summed E-state index contributed by atoms with van der Waals surface area (Å²) in [5.74, 6) is -0.658. The van der Waals surface area contributed by atoms with Crippen LogP contribution >= 0.6 is 23.7 Å². The lowest BCUT2D eigenvalue weighted by atomic mass is 10.0. The van der Waals surface area contributed by atoms with E-state index in [1.54, 1.807) is 47.9 Å². The first-order valence-corrected chi connectivity index (χ1v) is 19.7. The van der Waals surface area contributed by atoms with Gasteiger partial charge in [-0.05, 0) is 54.7 Å². The molecule has 0 aliphatic carbocycles. The Bertz CT molecular complexity index is 1850. The maximum Gasteiger partial charge on any atom is 0.326 e. The fraction of sp³-hybridized carbons (Fsp3) is 0.333. The van der Waals surface area contributed by atoms with Gasteiger partial charge in [-0.25, -0.2) is 28.2 Å². The van der Waals surface area contributed by atoms with Crippen molar-refractivity contribution in [2.24, 2.45) is 0 Å². The summed E-state index contributed by atoms with van der Waals surface area (Å²) in [6, 6.07) is 27.3. The molecule has 0 saturated carbocycles. The summed E-state index contributed by atoms with van der Waals surface area (Å²) in [7, 11) is -4.01. The molecule has 0 aliphatic rings. The highest BCUT2D eigenvalue weighted by atomic mass is 35.5. The number of nitrogens with zero attached hydrogens (tertiary/aromatic N) is 3. The summed E-state index contributed by atoms with van der Waals surface area (Å²) in [4.78, 5) is 25.3. The van der Waals surface area contributed by atoms with Gasteiger partial charge in [-0.3, -0.25) is 5.32 Å². The highest BCUT2D eigenvalue weighted by Crippen LogP contribution is 2.27. The molecule has 12 heteroatoms. The fourth-order valence-electron chi connectivity index (χ4n) is 5.85. The number of carbonyl (C=O) groups is 1. The number of hydrogen-bond acceptors (Lipinski definition) is 9. The highest BCUT2D eigenvalue weighted by Gasteiger charge is 2.31. The number of carboxylic acids is 1. The van der Waals surface area contributed by atoms with E-state index in [0.29, 0.717) is 12.2 Å². The number of nitrogens with one attached hydrogen (secondary N) is 2. The van der Waals surface area contributed by atoms with Gasteiger partial charge in [-0.1, -0.05) is 112 Å². The number of sulfone groups is 1. The number of aryl methyl sites for hydroxylation is 1. The zero-order valence-corrected chi connectivity index (χ0v) is 31.0. The predicted octanol–water partition coefficient (Wildman–Crippen LogP) is 8.90. The van der Waals surface area contributed by atoms with Crippen molar-refractivity contribution in [2.75, 3.05) is 5.32 Å². The molecule has 2 aromatic carbocycles. The Morgan fingerprint density at radius 2 is 1.45 bits per heavy atom. The third-order valence-electron chi connectivity index (χ3n) is 8.57. The van der Waals surface area contributed by atoms with Crippen molar-refractivity contribution in [3.63, 3.8) is 0 Å². The van der Waals surface area contributed by atoms with E-state index in [9.17, 15) is 18.3 Å². The number of rotatable bonds is 21. The smallest absolute Gasteiger partial charge is 0.326 e.